The fraction of sp³-hybridized carbons (Fsp3) is 0.524. The number of aromatic nitrogens is 1. The molecule has 0 saturated carbocycles. The molecule has 1 amide bonds. The van der Waals surface area contributed by atoms with Gasteiger partial charge in [-0.2, -0.15) is 4.99 Å². The number of halogens is 1. The van der Waals surface area contributed by atoms with E-state index in [4.69, 9.17) is 25.8 Å². The van der Waals surface area contributed by atoms with Crippen molar-refractivity contribution in [1.29, 1.82) is 0 Å². The second kappa shape index (κ2) is 9.20. The summed E-state index contributed by atoms with van der Waals surface area (Å²) in [6, 6.07) is 4.85. The van der Waals surface area contributed by atoms with Crippen LogP contribution in [0.5, 0.6) is 5.75 Å². The smallest absolute Gasteiger partial charge is 0.283 e. The van der Waals surface area contributed by atoms with Crippen molar-refractivity contribution >= 4 is 28.8 Å². The molecule has 3 rings (SSSR count). The number of aliphatic hydroxyl groups excluding tert-OH is 1. The number of carbonyl (C=O) groups excluding carboxylic acids is 1. The molecule has 1 unspecified atom stereocenters. The summed E-state index contributed by atoms with van der Waals surface area (Å²) in [6.07, 6.45) is -0.166. The first-order chi connectivity index (χ1) is 14.1. The number of aliphatic hydroxyl groups is 1. The van der Waals surface area contributed by atoms with Crippen molar-refractivity contribution in [3.63, 3.8) is 0 Å². The molecule has 0 aliphatic carbocycles. The number of amides is 1. The molecule has 0 spiro atoms. The van der Waals surface area contributed by atoms with Crippen molar-refractivity contribution in [3.8, 4) is 5.75 Å². The molecule has 1 aliphatic heterocycles. The van der Waals surface area contributed by atoms with E-state index in [1.54, 1.807) is 18.2 Å². The molecule has 9 heteroatoms. The summed E-state index contributed by atoms with van der Waals surface area (Å²) in [6.45, 7) is 8.59. The van der Waals surface area contributed by atoms with Gasteiger partial charge in [0.15, 0.2) is 10.6 Å². The van der Waals surface area contributed by atoms with E-state index in [1.807, 2.05) is 32.3 Å². The van der Waals surface area contributed by atoms with Crippen molar-refractivity contribution < 1.29 is 24.1 Å². The Bertz CT molecular complexity index is 998. The molecular formula is C21H27ClN2O5S. The van der Waals surface area contributed by atoms with E-state index in [9.17, 15) is 9.90 Å². The highest BCUT2D eigenvalue weighted by molar-refractivity contribution is 7.09. The van der Waals surface area contributed by atoms with Crippen LogP contribution in [0.25, 0.3) is 0 Å². The molecule has 7 nitrogen and oxygen atoms in total. The van der Waals surface area contributed by atoms with Gasteiger partial charge in [-0.1, -0.05) is 18.5 Å². The van der Waals surface area contributed by atoms with E-state index >= 15 is 0 Å². The first-order valence-corrected chi connectivity index (χ1v) is 10.9. The molecule has 0 radical (unpaired) electrons. The minimum Gasteiger partial charge on any atom is -0.496 e. The predicted octanol–water partition coefficient (Wildman–Crippen LogP) is 3.51. The molecule has 164 valence electrons. The van der Waals surface area contributed by atoms with Gasteiger partial charge in [0.2, 0.25) is 0 Å². The summed E-state index contributed by atoms with van der Waals surface area (Å²) < 4.78 is 18.9. The summed E-state index contributed by atoms with van der Waals surface area (Å²) >= 11 is 7.46. The van der Waals surface area contributed by atoms with Crippen LogP contribution in [0, 0.1) is 6.92 Å². The normalized spacial score (nSPS) is 19.8. The fourth-order valence-electron chi connectivity index (χ4n) is 3.39. The highest BCUT2D eigenvalue weighted by Gasteiger charge is 2.33. The predicted molar refractivity (Wildman–Crippen MR) is 115 cm³/mol. The molecular weight excluding hydrogens is 428 g/mol. The number of ether oxygens (including phenoxy) is 3. The summed E-state index contributed by atoms with van der Waals surface area (Å²) in [5.41, 5.74) is 1.24. The molecule has 0 bridgehead atoms. The number of carbonyl (C=O) groups is 1. The van der Waals surface area contributed by atoms with E-state index in [2.05, 4.69) is 4.99 Å². The van der Waals surface area contributed by atoms with E-state index in [-0.39, 0.29) is 18.6 Å². The Morgan fingerprint density at radius 3 is 2.83 bits per heavy atom. The van der Waals surface area contributed by atoms with E-state index in [1.165, 1.54) is 18.4 Å². The average Bonchev–Trinajstić information content (AvgIpc) is 3.20. The maximum atomic E-state index is 13.0. The zero-order valence-corrected chi connectivity index (χ0v) is 19.3. The van der Waals surface area contributed by atoms with Gasteiger partial charge in [0.25, 0.3) is 5.91 Å². The van der Waals surface area contributed by atoms with Crippen LogP contribution < -0.4 is 9.54 Å². The Hall–Kier alpha value is -1.71. The Balaban J connectivity index is 2.04. The summed E-state index contributed by atoms with van der Waals surface area (Å²) in [4.78, 5) is 18.9. The molecule has 2 atom stereocenters. The second-order valence-corrected chi connectivity index (χ2v) is 9.19. The lowest BCUT2D eigenvalue weighted by atomic mass is 10.1. The standard InChI is InChI=1S/C21H27ClN2O5S/c1-12(10-25)18-13(2)24(9-15-11-28-21(3,4)29-15)20(30-18)23-19(26)16-8-14(22)6-7-17(16)27-5/h6-8,12,15,25H,9-11H2,1-5H3/t12?,15-/m1/s1. The van der Waals surface area contributed by atoms with Crippen LogP contribution in [0.3, 0.4) is 0 Å². The molecule has 1 fully saturated rings. The molecule has 1 aromatic heterocycles. The number of rotatable bonds is 6. The maximum absolute atomic E-state index is 13.0. The van der Waals surface area contributed by atoms with Crippen molar-refractivity contribution in [2.75, 3.05) is 20.3 Å². The van der Waals surface area contributed by atoms with Gasteiger partial charge in [-0.3, -0.25) is 4.79 Å². The van der Waals surface area contributed by atoms with Crippen molar-refractivity contribution in [2.45, 2.75) is 52.0 Å². The summed E-state index contributed by atoms with van der Waals surface area (Å²) in [5, 5.41) is 10.1. The third-order valence-corrected chi connectivity index (χ3v) is 6.60. The van der Waals surface area contributed by atoms with Crippen molar-refractivity contribution in [2.24, 2.45) is 4.99 Å². The van der Waals surface area contributed by atoms with Crippen LogP contribution in [0.4, 0.5) is 0 Å². The topological polar surface area (TPSA) is 82.3 Å². The number of hydrogen-bond donors (Lipinski definition) is 1. The maximum Gasteiger partial charge on any atom is 0.283 e. The van der Waals surface area contributed by atoms with Gasteiger partial charge in [-0.25, -0.2) is 0 Å². The third-order valence-electron chi connectivity index (χ3n) is 4.96. The monoisotopic (exact) mass is 454 g/mol. The second-order valence-electron chi connectivity index (χ2n) is 7.74. The largest absolute Gasteiger partial charge is 0.496 e. The summed E-state index contributed by atoms with van der Waals surface area (Å²) in [5.74, 6) is -0.752. The Morgan fingerprint density at radius 2 is 2.23 bits per heavy atom. The van der Waals surface area contributed by atoms with Crippen LogP contribution >= 0.6 is 22.9 Å². The number of hydrogen-bond acceptors (Lipinski definition) is 6. The first-order valence-electron chi connectivity index (χ1n) is 9.70. The quantitative estimate of drug-likeness (QED) is 0.722. The molecule has 1 aliphatic rings. The van der Waals surface area contributed by atoms with Crippen LogP contribution in [0.2, 0.25) is 5.02 Å². The van der Waals surface area contributed by atoms with E-state index < -0.39 is 11.7 Å². The van der Waals surface area contributed by atoms with Crippen LogP contribution in [0.15, 0.2) is 23.2 Å². The van der Waals surface area contributed by atoms with E-state index in [0.29, 0.717) is 34.3 Å². The first kappa shape index (κ1) is 23.0. The van der Waals surface area contributed by atoms with Crippen LogP contribution in [0.1, 0.15) is 47.6 Å². The Labute approximate surface area is 184 Å². The summed E-state index contributed by atoms with van der Waals surface area (Å²) in [7, 11) is 1.50. The van der Waals surface area contributed by atoms with Crippen molar-refractivity contribution in [3.05, 3.63) is 44.2 Å². The fourth-order valence-corrected chi connectivity index (χ4v) is 4.75. The molecule has 1 saturated heterocycles. The van der Waals surface area contributed by atoms with Gasteiger partial charge >= 0.3 is 0 Å². The molecule has 1 aromatic carbocycles. The minimum atomic E-state index is -0.641. The number of nitrogens with zero attached hydrogens (tertiary/aromatic N) is 2. The number of thiazole rings is 1. The van der Waals surface area contributed by atoms with Gasteiger partial charge in [0.1, 0.15) is 11.9 Å². The van der Waals surface area contributed by atoms with Gasteiger partial charge in [-0.15, -0.1) is 11.3 Å². The van der Waals surface area contributed by atoms with Gasteiger partial charge in [0, 0.05) is 21.5 Å². The highest BCUT2D eigenvalue weighted by Crippen LogP contribution is 2.27. The zero-order valence-electron chi connectivity index (χ0n) is 17.8. The van der Waals surface area contributed by atoms with E-state index in [0.717, 1.165) is 10.6 Å². The Kier molecular flexibility index (Phi) is 7.04. The van der Waals surface area contributed by atoms with Crippen LogP contribution in [-0.2, 0) is 16.0 Å². The van der Waals surface area contributed by atoms with Crippen molar-refractivity contribution in [1.82, 2.24) is 4.57 Å². The molecule has 2 aromatic rings. The Morgan fingerprint density at radius 1 is 1.50 bits per heavy atom. The molecule has 30 heavy (non-hydrogen) atoms. The highest BCUT2D eigenvalue weighted by atomic mass is 35.5. The zero-order chi connectivity index (χ0) is 22.1. The minimum absolute atomic E-state index is 0.00687. The lowest BCUT2D eigenvalue weighted by Crippen LogP contribution is -2.29. The SMILES string of the molecule is COc1ccc(Cl)cc1C(=O)N=c1sc(C(C)CO)c(C)n1C[C@@H]1COC(C)(C)O1. The lowest BCUT2D eigenvalue weighted by molar-refractivity contribution is -0.139. The van der Waals surface area contributed by atoms with Gasteiger partial charge < -0.3 is 23.9 Å². The van der Waals surface area contributed by atoms with Crippen LogP contribution in [-0.4, -0.2) is 47.8 Å². The number of benzene rings is 1. The van der Waals surface area contributed by atoms with Gasteiger partial charge in [0.05, 0.1) is 32.4 Å². The number of methoxy groups -OCH3 is 1. The lowest BCUT2D eigenvalue weighted by Gasteiger charge is -2.18. The average molecular weight is 455 g/mol. The molecule has 2 heterocycles. The van der Waals surface area contributed by atoms with Gasteiger partial charge in [-0.05, 0) is 39.0 Å². The molecule has 1 N–H and O–H groups in total. The third kappa shape index (κ3) is 4.95.